The normalized spacial score (nSPS) is 26.8. The third-order valence-corrected chi connectivity index (χ3v) is 16.7. The van der Waals surface area contributed by atoms with Crippen LogP contribution in [0.2, 0.25) is 0 Å². The van der Waals surface area contributed by atoms with Crippen LogP contribution in [0.15, 0.2) is 127 Å². The van der Waals surface area contributed by atoms with Gasteiger partial charge in [-0.25, -0.2) is 0 Å². The Morgan fingerprint density at radius 2 is 1.19 bits per heavy atom. The van der Waals surface area contributed by atoms with E-state index in [4.69, 9.17) is 0 Å². The minimum atomic E-state index is -0.107. The first-order valence-corrected chi connectivity index (χ1v) is 22.0. The van der Waals surface area contributed by atoms with E-state index in [1.807, 2.05) is 0 Å². The molecule has 0 aliphatic heterocycles. The molecule has 5 unspecified atom stereocenters. The van der Waals surface area contributed by atoms with Gasteiger partial charge in [-0.05, 0) is 147 Å². The minimum Gasteiger partial charge on any atom is -0.309 e. The molecule has 0 N–H and O–H groups in total. The molecule has 5 atom stereocenters. The van der Waals surface area contributed by atoms with Crippen molar-refractivity contribution in [1.29, 1.82) is 0 Å². The largest absolute Gasteiger partial charge is 0.309 e. The summed E-state index contributed by atoms with van der Waals surface area (Å²) in [5, 5.41) is 0. The fraction of sp³-hybridized carbons (Fsp3) is 0.357. The summed E-state index contributed by atoms with van der Waals surface area (Å²) in [6.45, 7) is 14.8. The highest BCUT2D eigenvalue weighted by Crippen LogP contribution is 2.74. The van der Waals surface area contributed by atoms with Gasteiger partial charge < -0.3 is 4.90 Å². The van der Waals surface area contributed by atoms with Gasteiger partial charge in [-0.3, -0.25) is 0 Å². The highest BCUT2D eigenvalue weighted by Gasteiger charge is 2.66. The average molecular weight is 742 g/mol. The van der Waals surface area contributed by atoms with Crippen LogP contribution in [-0.2, 0) is 21.7 Å². The van der Waals surface area contributed by atoms with Crippen molar-refractivity contribution in [2.75, 3.05) is 4.90 Å². The summed E-state index contributed by atoms with van der Waals surface area (Å²) in [4.78, 5) is 2.78. The van der Waals surface area contributed by atoms with E-state index in [0.717, 1.165) is 23.7 Å². The molecular formula is C56H55N. The number of rotatable bonds is 4. The van der Waals surface area contributed by atoms with E-state index in [9.17, 15) is 0 Å². The number of nitrogens with zero attached hydrogens (tertiary/aromatic N) is 1. The van der Waals surface area contributed by atoms with Gasteiger partial charge in [0.1, 0.15) is 0 Å². The Bertz CT molecular complexity index is 2650. The monoisotopic (exact) mass is 741 g/mol. The molecule has 57 heavy (non-hydrogen) atoms. The Balaban J connectivity index is 1.22. The molecule has 0 amide bonds. The lowest BCUT2D eigenvalue weighted by molar-refractivity contribution is 0.191. The topological polar surface area (TPSA) is 3.24 Å². The molecule has 0 radical (unpaired) electrons. The van der Waals surface area contributed by atoms with E-state index < -0.39 is 0 Å². The third-order valence-electron chi connectivity index (χ3n) is 16.7. The van der Waals surface area contributed by atoms with Gasteiger partial charge in [0.15, 0.2) is 0 Å². The molecule has 6 aromatic rings. The predicted molar refractivity (Wildman–Crippen MR) is 238 cm³/mol. The summed E-state index contributed by atoms with van der Waals surface area (Å²) >= 11 is 0. The van der Waals surface area contributed by atoms with Crippen LogP contribution in [-0.4, -0.2) is 0 Å². The van der Waals surface area contributed by atoms with Gasteiger partial charge in [-0.2, -0.15) is 0 Å². The standard InChI is InChI=1S/C56H55N/c1-53(2)27-28-54(3,4)51-46(53)21-14-22-49(51)57(38-23-24-41-40-17-10-12-19-43(40)55(5,6)48(41)33-38)52-39(35-15-8-7-9-16-35)25-26-45-50(52)42-18-11-13-20-44(42)56(45)37-30-34-29-36(32-37)47(56)31-34/h7-26,33-34,36-37,47H,27-32H2,1-6H3. The molecule has 1 heteroatoms. The van der Waals surface area contributed by atoms with Gasteiger partial charge >= 0.3 is 0 Å². The van der Waals surface area contributed by atoms with E-state index in [-0.39, 0.29) is 21.7 Å². The molecule has 4 fully saturated rings. The van der Waals surface area contributed by atoms with Crippen molar-refractivity contribution < 1.29 is 0 Å². The van der Waals surface area contributed by atoms with Gasteiger partial charge in [0.05, 0.1) is 11.4 Å². The van der Waals surface area contributed by atoms with Gasteiger partial charge in [0, 0.05) is 27.6 Å². The van der Waals surface area contributed by atoms with E-state index in [1.165, 1.54) is 111 Å². The molecule has 4 saturated carbocycles. The van der Waals surface area contributed by atoms with Crippen LogP contribution in [0.25, 0.3) is 33.4 Å². The fourth-order valence-electron chi connectivity index (χ4n) is 14.2. The Morgan fingerprint density at radius 1 is 0.509 bits per heavy atom. The van der Waals surface area contributed by atoms with Gasteiger partial charge in [0.25, 0.3) is 0 Å². The van der Waals surface area contributed by atoms with Crippen molar-refractivity contribution in [3.05, 3.63) is 161 Å². The Hall–Kier alpha value is -4.88. The lowest BCUT2D eigenvalue weighted by atomic mass is 9.59. The second kappa shape index (κ2) is 11.4. The van der Waals surface area contributed by atoms with E-state index in [0.29, 0.717) is 0 Å². The van der Waals surface area contributed by atoms with Crippen LogP contribution >= 0.6 is 0 Å². The Kier molecular flexibility index (Phi) is 6.84. The molecule has 284 valence electrons. The zero-order valence-corrected chi connectivity index (χ0v) is 34.6. The van der Waals surface area contributed by atoms with Gasteiger partial charge in [-0.15, -0.1) is 0 Å². The Morgan fingerprint density at radius 3 is 2.00 bits per heavy atom. The maximum Gasteiger partial charge on any atom is 0.0621 e. The highest BCUT2D eigenvalue weighted by molar-refractivity contribution is 6.03. The molecule has 7 aliphatic carbocycles. The summed E-state index contributed by atoms with van der Waals surface area (Å²) in [5.74, 6) is 3.22. The summed E-state index contributed by atoms with van der Waals surface area (Å²) in [5.41, 5.74) is 21.5. The van der Waals surface area contributed by atoms with Gasteiger partial charge in [0.2, 0.25) is 0 Å². The number of anilines is 3. The number of hydrogen-bond acceptors (Lipinski definition) is 1. The van der Waals surface area contributed by atoms with Crippen molar-refractivity contribution in [1.82, 2.24) is 0 Å². The maximum atomic E-state index is 2.78. The number of benzene rings is 6. The van der Waals surface area contributed by atoms with Crippen molar-refractivity contribution >= 4 is 17.1 Å². The van der Waals surface area contributed by atoms with Crippen molar-refractivity contribution in [2.24, 2.45) is 23.7 Å². The molecule has 1 nitrogen and oxygen atoms in total. The average Bonchev–Trinajstić information content (AvgIpc) is 3.84. The van der Waals surface area contributed by atoms with Crippen molar-refractivity contribution in [3.63, 3.8) is 0 Å². The van der Waals surface area contributed by atoms with Crippen LogP contribution < -0.4 is 4.90 Å². The molecule has 4 bridgehead atoms. The molecule has 0 aromatic heterocycles. The zero-order valence-electron chi connectivity index (χ0n) is 34.6. The minimum absolute atomic E-state index is 0.0133. The summed E-state index contributed by atoms with van der Waals surface area (Å²) in [7, 11) is 0. The first-order chi connectivity index (χ1) is 27.5. The summed E-state index contributed by atoms with van der Waals surface area (Å²) in [6, 6.07) is 50.1. The van der Waals surface area contributed by atoms with Crippen molar-refractivity contribution in [2.45, 2.75) is 102 Å². The quantitative estimate of drug-likeness (QED) is 0.174. The van der Waals surface area contributed by atoms with E-state index >= 15 is 0 Å². The SMILES string of the molecule is CC1(C)CCC(C)(C)c2c(N(c3ccc4c(c3)C(C)(C)c3ccccc3-4)c3c(-c4ccccc4)ccc4c3-c3ccccc3C43C4CC5CC(C4)C3C5)cccc21. The lowest BCUT2D eigenvalue weighted by Crippen LogP contribution is -2.40. The van der Waals surface area contributed by atoms with Crippen molar-refractivity contribution in [3.8, 4) is 33.4 Å². The second-order valence-corrected chi connectivity index (χ2v) is 20.7. The van der Waals surface area contributed by atoms with Crippen LogP contribution in [0.1, 0.15) is 113 Å². The van der Waals surface area contributed by atoms with E-state index in [2.05, 4.69) is 174 Å². The third kappa shape index (κ3) is 4.36. The first-order valence-electron chi connectivity index (χ1n) is 22.0. The van der Waals surface area contributed by atoms with Crippen LogP contribution in [0.3, 0.4) is 0 Å². The second-order valence-electron chi connectivity index (χ2n) is 20.7. The summed E-state index contributed by atoms with van der Waals surface area (Å²) in [6.07, 6.45) is 7.97. The molecule has 6 aromatic carbocycles. The lowest BCUT2D eigenvalue weighted by Gasteiger charge is -2.45. The molecule has 0 saturated heterocycles. The molecular weight excluding hydrogens is 687 g/mol. The highest BCUT2D eigenvalue weighted by atomic mass is 15.2. The molecule has 7 aliphatic rings. The predicted octanol–water partition coefficient (Wildman–Crippen LogP) is 14.8. The number of hydrogen-bond donors (Lipinski definition) is 0. The zero-order chi connectivity index (χ0) is 38.6. The summed E-state index contributed by atoms with van der Waals surface area (Å²) < 4.78 is 0. The Labute approximate surface area is 340 Å². The number of fused-ring (bicyclic) bond motifs is 7. The molecule has 13 rings (SSSR count). The van der Waals surface area contributed by atoms with Crippen LogP contribution in [0, 0.1) is 23.7 Å². The molecule has 1 spiro atoms. The fourth-order valence-corrected chi connectivity index (χ4v) is 14.2. The maximum absolute atomic E-state index is 2.78. The smallest absolute Gasteiger partial charge is 0.0621 e. The van der Waals surface area contributed by atoms with Crippen LogP contribution in [0.5, 0.6) is 0 Å². The van der Waals surface area contributed by atoms with E-state index in [1.54, 1.807) is 11.1 Å². The first kappa shape index (κ1) is 34.2. The van der Waals surface area contributed by atoms with Crippen LogP contribution in [0.4, 0.5) is 17.1 Å². The van der Waals surface area contributed by atoms with Gasteiger partial charge in [-0.1, -0.05) is 151 Å². The molecule has 0 heterocycles.